The highest BCUT2D eigenvalue weighted by Crippen LogP contribution is 2.21. The quantitative estimate of drug-likeness (QED) is 0.738. The van der Waals surface area contributed by atoms with Gasteiger partial charge in [-0.15, -0.1) is 0 Å². The van der Waals surface area contributed by atoms with Gasteiger partial charge in [0.25, 0.3) is 0 Å². The maximum atomic E-state index is 5.68. The molecule has 0 aliphatic carbocycles. The molecule has 1 aromatic rings. The SMILES string of the molecule is CCCCC(NCCC)c1ccc(C)o1. The number of nitrogens with one attached hydrogen (secondary N) is 1. The summed E-state index contributed by atoms with van der Waals surface area (Å²) in [5.74, 6) is 2.10. The van der Waals surface area contributed by atoms with Crippen molar-refractivity contribution in [3.05, 3.63) is 23.7 Å². The number of hydrogen-bond acceptors (Lipinski definition) is 2. The van der Waals surface area contributed by atoms with Crippen molar-refractivity contribution in [3.63, 3.8) is 0 Å². The molecule has 86 valence electrons. The van der Waals surface area contributed by atoms with E-state index >= 15 is 0 Å². The van der Waals surface area contributed by atoms with Crippen LogP contribution in [0.2, 0.25) is 0 Å². The van der Waals surface area contributed by atoms with Crippen molar-refractivity contribution in [2.24, 2.45) is 0 Å². The Balaban J connectivity index is 2.54. The smallest absolute Gasteiger partial charge is 0.121 e. The van der Waals surface area contributed by atoms with E-state index in [-0.39, 0.29) is 0 Å². The van der Waals surface area contributed by atoms with Crippen LogP contribution in [0.5, 0.6) is 0 Å². The second kappa shape index (κ2) is 6.67. The molecule has 1 atom stereocenters. The maximum Gasteiger partial charge on any atom is 0.121 e. The lowest BCUT2D eigenvalue weighted by Gasteiger charge is -2.15. The van der Waals surface area contributed by atoms with Crippen LogP contribution in [-0.4, -0.2) is 6.54 Å². The fourth-order valence-corrected chi connectivity index (χ4v) is 1.71. The van der Waals surface area contributed by atoms with Crippen LogP contribution in [0, 0.1) is 6.92 Å². The zero-order chi connectivity index (χ0) is 11.1. The van der Waals surface area contributed by atoms with Crippen molar-refractivity contribution >= 4 is 0 Å². The minimum atomic E-state index is 0.401. The van der Waals surface area contributed by atoms with Crippen LogP contribution in [0.3, 0.4) is 0 Å². The Hall–Kier alpha value is -0.760. The fourth-order valence-electron chi connectivity index (χ4n) is 1.71. The zero-order valence-electron chi connectivity index (χ0n) is 10.2. The molecule has 0 bridgehead atoms. The first kappa shape index (κ1) is 12.3. The van der Waals surface area contributed by atoms with E-state index in [1.165, 1.54) is 25.7 Å². The molecular weight excluding hydrogens is 186 g/mol. The van der Waals surface area contributed by atoms with Crippen LogP contribution in [0.4, 0.5) is 0 Å². The second-order valence-electron chi connectivity index (χ2n) is 4.10. The molecule has 0 aliphatic rings. The van der Waals surface area contributed by atoms with Crippen LogP contribution in [0.25, 0.3) is 0 Å². The van der Waals surface area contributed by atoms with Crippen LogP contribution >= 0.6 is 0 Å². The molecule has 1 N–H and O–H groups in total. The first-order chi connectivity index (χ1) is 7.27. The molecule has 1 unspecified atom stereocenters. The average Bonchev–Trinajstić information content (AvgIpc) is 2.65. The average molecular weight is 209 g/mol. The van der Waals surface area contributed by atoms with Gasteiger partial charge in [0.2, 0.25) is 0 Å². The largest absolute Gasteiger partial charge is 0.465 e. The third-order valence-corrected chi connectivity index (χ3v) is 2.59. The Labute approximate surface area is 93.1 Å². The van der Waals surface area contributed by atoms with Gasteiger partial charge in [-0.1, -0.05) is 26.7 Å². The molecule has 0 aromatic carbocycles. The summed E-state index contributed by atoms with van der Waals surface area (Å²) in [5.41, 5.74) is 0. The van der Waals surface area contributed by atoms with E-state index in [4.69, 9.17) is 4.42 Å². The Kier molecular flexibility index (Phi) is 5.48. The third-order valence-electron chi connectivity index (χ3n) is 2.59. The van der Waals surface area contributed by atoms with E-state index in [1.54, 1.807) is 0 Å². The Morgan fingerprint density at radius 3 is 2.60 bits per heavy atom. The summed E-state index contributed by atoms with van der Waals surface area (Å²) in [4.78, 5) is 0. The van der Waals surface area contributed by atoms with Crippen molar-refractivity contribution in [1.82, 2.24) is 5.32 Å². The van der Waals surface area contributed by atoms with Gasteiger partial charge >= 0.3 is 0 Å². The van der Waals surface area contributed by atoms with Gasteiger partial charge in [-0.2, -0.15) is 0 Å². The van der Waals surface area contributed by atoms with Gasteiger partial charge in [0.15, 0.2) is 0 Å². The lowest BCUT2D eigenvalue weighted by Crippen LogP contribution is -2.21. The van der Waals surface area contributed by atoms with Gasteiger partial charge in [0.1, 0.15) is 11.5 Å². The zero-order valence-corrected chi connectivity index (χ0v) is 10.2. The maximum absolute atomic E-state index is 5.68. The topological polar surface area (TPSA) is 25.2 Å². The van der Waals surface area contributed by atoms with Gasteiger partial charge < -0.3 is 9.73 Å². The minimum absolute atomic E-state index is 0.401. The number of hydrogen-bond donors (Lipinski definition) is 1. The summed E-state index contributed by atoms with van der Waals surface area (Å²) in [5, 5.41) is 3.54. The molecule has 0 saturated carbocycles. The van der Waals surface area contributed by atoms with Gasteiger partial charge in [-0.25, -0.2) is 0 Å². The van der Waals surface area contributed by atoms with Gasteiger partial charge in [-0.3, -0.25) is 0 Å². The molecule has 1 aromatic heterocycles. The highest BCUT2D eigenvalue weighted by atomic mass is 16.3. The predicted molar refractivity (Wildman–Crippen MR) is 64.0 cm³/mol. The van der Waals surface area contributed by atoms with Gasteiger partial charge in [-0.05, 0) is 38.4 Å². The standard InChI is InChI=1S/C13H23NO/c1-4-6-7-12(14-10-5-2)13-9-8-11(3)15-13/h8-9,12,14H,4-7,10H2,1-3H3. The van der Waals surface area contributed by atoms with E-state index in [0.29, 0.717) is 6.04 Å². The molecule has 0 radical (unpaired) electrons. The second-order valence-corrected chi connectivity index (χ2v) is 4.10. The lowest BCUT2D eigenvalue weighted by molar-refractivity contribution is 0.379. The summed E-state index contributed by atoms with van der Waals surface area (Å²) in [6.45, 7) is 7.48. The molecule has 1 rings (SSSR count). The molecule has 2 heteroatoms. The molecule has 0 amide bonds. The summed E-state index contributed by atoms with van der Waals surface area (Å²) in [7, 11) is 0. The number of furan rings is 1. The van der Waals surface area contributed by atoms with E-state index in [2.05, 4.69) is 25.2 Å². The number of rotatable bonds is 7. The highest BCUT2D eigenvalue weighted by molar-refractivity contribution is 5.09. The van der Waals surface area contributed by atoms with Crippen molar-refractivity contribution in [2.45, 2.75) is 52.5 Å². The van der Waals surface area contributed by atoms with Crippen LogP contribution < -0.4 is 5.32 Å². The number of unbranched alkanes of at least 4 members (excludes halogenated alkanes) is 1. The molecular formula is C13H23NO. The predicted octanol–water partition coefficient (Wildman–Crippen LogP) is 3.82. The third kappa shape index (κ3) is 4.08. The van der Waals surface area contributed by atoms with Crippen LogP contribution in [0.1, 0.15) is 57.1 Å². The Morgan fingerprint density at radius 2 is 2.07 bits per heavy atom. The molecule has 0 spiro atoms. The Morgan fingerprint density at radius 1 is 1.27 bits per heavy atom. The van der Waals surface area contributed by atoms with Crippen molar-refractivity contribution in [1.29, 1.82) is 0 Å². The number of aryl methyl sites for hydroxylation is 1. The van der Waals surface area contributed by atoms with E-state index in [0.717, 1.165) is 18.1 Å². The Bertz CT molecular complexity index is 259. The molecule has 0 saturated heterocycles. The summed E-state index contributed by atoms with van der Waals surface area (Å²) < 4.78 is 5.68. The molecule has 0 aliphatic heterocycles. The minimum Gasteiger partial charge on any atom is -0.465 e. The molecule has 2 nitrogen and oxygen atoms in total. The fraction of sp³-hybridized carbons (Fsp3) is 0.692. The van der Waals surface area contributed by atoms with Crippen LogP contribution in [-0.2, 0) is 0 Å². The van der Waals surface area contributed by atoms with Crippen molar-refractivity contribution in [2.75, 3.05) is 6.54 Å². The lowest BCUT2D eigenvalue weighted by atomic mass is 10.1. The first-order valence-corrected chi connectivity index (χ1v) is 6.07. The monoisotopic (exact) mass is 209 g/mol. The normalized spacial score (nSPS) is 13.0. The van der Waals surface area contributed by atoms with Crippen molar-refractivity contribution in [3.8, 4) is 0 Å². The summed E-state index contributed by atoms with van der Waals surface area (Å²) >= 11 is 0. The van der Waals surface area contributed by atoms with Gasteiger partial charge in [0.05, 0.1) is 6.04 Å². The summed E-state index contributed by atoms with van der Waals surface area (Å²) in [6, 6.07) is 4.54. The highest BCUT2D eigenvalue weighted by Gasteiger charge is 2.13. The van der Waals surface area contributed by atoms with Gasteiger partial charge in [0, 0.05) is 0 Å². The van der Waals surface area contributed by atoms with E-state index in [1.807, 2.05) is 13.0 Å². The van der Waals surface area contributed by atoms with Crippen molar-refractivity contribution < 1.29 is 4.42 Å². The van der Waals surface area contributed by atoms with E-state index in [9.17, 15) is 0 Å². The van der Waals surface area contributed by atoms with E-state index < -0.39 is 0 Å². The first-order valence-electron chi connectivity index (χ1n) is 6.07. The summed E-state index contributed by atoms with van der Waals surface area (Å²) in [6.07, 6.45) is 4.83. The molecule has 1 heterocycles. The molecule has 0 fully saturated rings. The molecule has 15 heavy (non-hydrogen) atoms. The van der Waals surface area contributed by atoms with Crippen LogP contribution in [0.15, 0.2) is 16.5 Å².